The normalized spacial score (nSPS) is 11.2. The van der Waals surface area contributed by atoms with Gasteiger partial charge in [0.2, 0.25) is 10.0 Å². The van der Waals surface area contributed by atoms with Crippen LogP contribution in [-0.4, -0.2) is 14.2 Å². The molecule has 0 radical (unpaired) electrons. The summed E-state index contributed by atoms with van der Waals surface area (Å²) < 4.78 is 23.0. The molecule has 24 heavy (non-hydrogen) atoms. The van der Waals surface area contributed by atoms with Crippen molar-refractivity contribution < 1.29 is 13.2 Å². The minimum atomic E-state index is -3.85. The van der Waals surface area contributed by atoms with E-state index in [1.165, 1.54) is 24.3 Å². The summed E-state index contributed by atoms with van der Waals surface area (Å²) in [6.07, 6.45) is 0. The molecule has 3 aromatic rings. The second-order valence-corrected chi connectivity index (χ2v) is 6.78. The molecule has 0 aliphatic carbocycles. The molecule has 0 amide bonds. The van der Waals surface area contributed by atoms with E-state index in [1.807, 2.05) is 6.07 Å². The standard InChI is InChI=1S/C18H12N2O3S/c19-11-14-7-6-13-10-15(24(20,22)23)8-9-16(13)17(14)18(21)12-4-2-1-3-5-12/h1-10H,(H2,20,22,23). The predicted octanol–water partition coefficient (Wildman–Crippen LogP) is 2.59. The van der Waals surface area contributed by atoms with Crippen LogP contribution in [0.4, 0.5) is 0 Å². The second kappa shape index (κ2) is 5.89. The molecule has 6 heteroatoms. The number of nitrogens with zero attached hydrogens (tertiary/aromatic N) is 1. The zero-order valence-corrected chi connectivity index (χ0v) is 13.2. The van der Waals surface area contributed by atoms with Gasteiger partial charge in [-0.3, -0.25) is 4.79 Å². The number of nitrogens with two attached hydrogens (primary N) is 1. The Morgan fingerprint density at radius 1 is 1.00 bits per heavy atom. The van der Waals surface area contributed by atoms with Gasteiger partial charge >= 0.3 is 0 Å². The van der Waals surface area contributed by atoms with E-state index in [9.17, 15) is 18.5 Å². The highest BCUT2D eigenvalue weighted by Gasteiger charge is 2.18. The van der Waals surface area contributed by atoms with Crippen LogP contribution in [0.1, 0.15) is 21.5 Å². The summed E-state index contributed by atoms with van der Waals surface area (Å²) in [5.41, 5.74) is 0.943. The lowest BCUT2D eigenvalue weighted by Crippen LogP contribution is -2.12. The molecule has 0 spiro atoms. The molecule has 0 bridgehead atoms. The quantitative estimate of drug-likeness (QED) is 0.743. The van der Waals surface area contributed by atoms with E-state index >= 15 is 0 Å². The van der Waals surface area contributed by atoms with Crippen molar-refractivity contribution in [1.29, 1.82) is 5.26 Å². The van der Waals surface area contributed by atoms with Crippen molar-refractivity contribution >= 4 is 26.6 Å². The molecular formula is C18H12N2O3S. The van der Waals surface area contributed by atoms with Crippen LogP contribution in [0.5, 0.6) is 0 Å². The first-order valence-corrected chi connectivity index (χ1v) is 8.56. The highest BCUT2D eigenvalue weighted by molar-refractivity contribution is 7.89. The van der Waals surface area contributed by atoms with Gasteiger partial charge in [0.05, 0.1) is 16.5 Å². The fourth-order valence-corrected chi connectivity index (χ4v) is 3.11. The van der Waals surface area contributed by atoms with Gasteiger partial charge in [-0.1, -0.05) is 42.5 Å². The summed E-state index contributed by atoms with van der Waals surface area (Å²) >= 11 is 0. The molecule has 0 unspecified atom stereocenters. The Hall–Kier alpha value is -3.01. The van der Waals surface area contributed by atoms with Crippen LogP contribution in [0.3, 0.4) is 0 Å². The molecule has 0 atom stereocenters. The first-order valence-electron chi connectivity index (χ1n) is 7.01. The number of ketones is 1. The Bertz CT molecular complexity index is 1100. The first-order chi connectivity index (χ1) is 11.4. The topological polar surface area (TPSA) is 101 Å². The van der Waals surface area contributed by atoms with E-state index in [0.717, 1.165) is 0 Å². The number of nitriles is 1. The number of carbonyl (C=O) groups excluding carboxylic acids is 1. The van der Waals surface area contributed by atoms with Crippen LogP contribution in [0.2, 0.25) is 0 Å². The third-order valence-electron chi connectivity index (χ3n) is 3.70. The number of hydrogen-bond donors (Lipinski definition) is 1. The van der Waals surface area contributed by atoms with Crippen molar-refractivity contribution in [3.8, 4) is 6.07 Å². The maximum atomic E-state index is 12.8. The number of carbonyl (C=O) groups is 1. The summed E-state index contributed by atoms with van der Waals surface area (Å²) in [6, 6.07) is 18.0. The maximum Gasteiger partial charge on any atom is 0.238 e. The zero-order chi connectivity index (χ0) is 17.3. The molecule has 0 fully saturated rings. The molecule has 0 saturated carbocycles. The van der Waals surface area contributed by atoms with Crippen molar-refractivity contribution in [3.63, 3.8) is 0 Å². The Kier molecular flexibility index (Phi) is 3.89. The number of sulfonamides is 1. The average molecular weight is 336 g/mol. The van der Waals surface area contributed by atoms with E-state index in [1.54, 1.807) is 36.4 Å². The molecule has 0 aliphatic heterocycles. The predicted molar refractivity (Wildman–Crippen MR) is 89.9 cm³/mol. The van der Waals surface area contributed by atoms with Crippen molar-refractivity contribution in [2.75, 3.05) is 0 Å². The van der Waals surface area contributed by atoms with Crippen molar-refractivity contribution in [2.24, 2.45) is 5.14 Å². The first kappa shape index (κ1) is 15.9. The van der Waals surface area contributed by atoms with Crippen LogP contribution < -0.4 is 5.14 Å². The van der Waals surface area contributed by atoms with Gasteiger partial charge in [-0.15, -0.1) is 0 Å². The summed E-state index contributed by atoms with van der Waals surface area (Å²) in [6.45, 7) is 0. The average Bonchev–Trinajstić information content (AvgIpc) is 2.59. The molecule has 5 nitrogen and oxygen atoms in total. The molecule has 0 heterocycles. The van der Waals surface area contributed by atoms with E-state index < -0.39 is 10.0 Å². The lowest BCUT2D eigenvalue weighted by atomic mass is 9.93. The van der Waals surface area contributed by atoms with Crippen molar-refractivity contribution in [2.45, 2.75) is 4.90 Å². The van der Waals surface area contributed by atoms with Gasteiger partial charge in [0.1, 0.15) is 0 Å². The number of fused-ring (bicyclic) bond motifs is 1. The van der Waals surface area contributed by atoms with Crippen LogP contribution in [0.25, 0.3) is 10.8 Å². The van der Waals surface area contributed by atoms with Gasteiger partial charge in [-0.2, -0.15) is 5.26 Å². The van der Waals surface area contributed by atoms with E-state index in [4.69, 9.17) is 5.14 Å². The zero-order valence-electron chi connectivity index (χ0n) is 12.4. The largest absolute Gasteiger partial charge is 0.289 e. The van der Waals surface area contributed by atoms with Gasteiger partial charge in [-0.25, -0.2) is 13.6 Å². The van der Waals surface area contributed by atoms with Crippen LogP contribution in [0.15, 0.2) is 65.6 Å². The monoisotopic (exact) mass is 336 g/mol. The Morgan fingerprint density at radius 3 is 2.33 bits per heavy atom. The highest BCUT2D eigenvalue weighted by Crippen LogP contribution is 2.27. The molecule has 0 aliphatic rings. The summed E-state index contributed by atoms with van der Waals surface area (Å²) in [4.78, 5) is 12.8. The lowest BCUT2D eigenvalue weighted by Gasteiger charge is -2.09. The highest BCUT2D eigenvalue weighted by atomic mass is 32.2. The van der Waals surface area contributed by atoms with Crippen LogP contribution in [-0.2, 0) is 10.0 Å². The van der Waals surface area contributed by atoms with E-state index in [-0.39, 0.29) is 21.8 Å². The minimum Gasteiger partial charge on any atom is -0.289 e. The third kappa shape index (κ3) is 2.78. The van der Waals surface area contributed by atoms with Gasteiger partial charge in [-0.05, 0) is 29.0 Å². The van der Waals surface area contributed by atoms with E-state index in [0.29, 0.717) is 16.3 Å². The smallest absolute Gasteiger partial charge is 0.238 e. The molecular weight excluding hydrogens is 324 g/mol. The molecule has 3 aromatic carbocycles. The Morgan fingerprint density at radius 2 is 1.71 bits per heavy atom. The Labute approximate surface area is 139 Å². The molecule has 118 valence electrons. The van der Waals surface area contributed by atoms with Gasteiger partial charge in [0.15, 0.2) is 5.78 Å². The van der Waals surface area contributed by atoms with Gasteiger partial charge in [0.25, 0.3) is 0 Å². The third-order valence-corrected chi connectivity index (χ3v) is 4.61. The molecule has 0 saturated heterocycles. The Balaban J connectivity index is 2.30. The van der Waals surface area contributed by atoms with Gasteiger partial charge < -0.3 is 0 Å². The minimum absolute atomic E-state index is 0.0437. The van der Waals surface area contributed by atoms with Crippen LogP contribution >= 0.6 is 0 Å². The molecule has 0 aromatic heterocycles. The van der Waals surface area contributed by atoms with E-state index in [2.05, 4.69) is 0 Å². The summed E-state index contributed by atoms with van der Waals surface area (Å²) in [5.74, 6) is -0.291. The lowest BCUT2D eigenvalue weighted by molar-refractivity contribution is 0.104. The van der Waals surface area contributed by atoms with Crippen molar-refractivity contribution in [3.05, 3.63) is 77.4 Å². The number of rotatable bonds is 3. The number of primary sulfonamides is 1. The SMILES string of the molecule is N#Cc1ccc2cc(S(N)(=O)=O)ccc2c1C(=O)c1ccccc1. The molecule has 2 N–H and O–H groups in total. The van der Waals surface area contributed by atoms with Crippen LogP contribution in [0, 0.1) is 11.3 Å². The molecule has 3 rings (SSSR count). The maximum absolute atomic E-state index is 12.8. The summed E-state index contributed by atoms with van der Waals surface area (Å²) in [7, 11) is -3.85. The second-order valence-electron chi connectivity index (χ2n) is 5.22. The summed E-state index contributed by atoms with van der Waals surface area (Å²) in [5, 5.41) is 15.5. The number of hydrogen-bond acceptors (Lipinski definition) is 4. The van der Waals surface area contributed by atoms with Gasteiger partial charge in [0, 0.05) is 11.1 Å². The fourth-order valence-electron chi connectivity index (χ4n) is 2.56. The number of benzene rings is 3. The van der Waals surface area contributed by atoms with Crippen molar-refractivity contribution in [1.82, 2.24) is 0 Å². The fraction of sp³-hybridized carbons (Fsp3) is 0.